The summed E-state index contributed by atoms with van der Waals surface area (Å²) in [6, 6.07) is 4.42. The van der Waals surface area contributed by atoms with Crippen LogP contribution in [0, 0.1) is 5.82 Å². The number of halogens is 1. The molecule has 0 bridgehead atoms. The molecule has 1 aromatic rings. The fraction of sp³-hybridized carbons (Fsp3) is 0.333. The molecule has 5 heteroatoms. The smallest absolute Gasteiger partial charge is 0.221 e. The highest BCUT2D eigenvalue weighted by atomic mass is 19.1. The number of nitrogens with zero attached hydrogens (tertiary/aromatic N) is 1. The number of amides is 1. The van der Waals surface area contributed by atoms with Gasteiger partial charge in [0.1, 0.15) is 5.82 Å². The van der Waals surface area contributed by atoms with Crippen LogP contribution >= 0.6 is 0 Å². The maximum atomic E-state index is 13.3. The summed E-state index contributed by atoms with van der Waals surface area (Å²) < 4.78 is 13.3. The van der Waals surface area contributed by atoms with E-state index in [0.29, 0.717) is 24.9 Å². The van der Waals surface area contributed by atoms with Crippen LogP contribution in [-0.4, -0.2) is 32.8 Å². The summed E-state index contributed by atoms with van der Waals surface area (Å²) >= 11 is 0. The van der Waals surface area contributed by atoms with Crippen LogP contribution in [-0.2, 0) is 4.79 Å². The normalized spacial score (nSPS) is 9.82. The fourth-order valence-corrected chi connectivity index (χ4v) is 1.49. The van der Waals surface area contributed by atoms with Crippen LogP contribution in [0.5, 0.6) is 0 Å². The summed E-state index contributed by atoms with van der Waals surface area (Å²) in [5.74, 6) is -0.648. The monoisotopic (exact) mass is 238 g/mol. The predicted octanol–water partition coefficient (Wildman–Crippen LogP) is 1.21. The molecule has 1 rings (SSSR count). The number of hydrogen-bond acceptors (Lipinski definition) is 3. The zero-order valence-electron chi connectivity index (χ0n) is 9.87. The highest BCUT2D eigenvalue weighted by Gasteiger charge is 2.11. The molecule has 1 aromatic carbocycles. The van der Waals surface area contributed by atoms with Crippen molar-refractivity contribution in [2.75, 3.05) is 25.5 Å². The van der Waals surface area contributed by atoms with E-state index in [2.05, 4.69) is 5.32 Å². The van der Waals surface area contributed by atoms with E-state index in [1.54, 1.807) is 25.1 Å². The third-order valence-electron chi connectivity index (χ3n) is 2.51. The second-order valence-corrected chi connectivity index (χ2v) is 3.64. The Kier molecular flexibility index (Phi) is 4.63. The van der Waals surface area contributed by atoms with E-state index in [4.69, 9.17) is 0 Å². The molecule has 0 atom stereocenters. The third kappa shape index (κ3) is 3.27. The average Bonchev–Trinajstić information content (AvgIpc) is 2.35. The molecule has 0 radical (unpaired) electrons. The second-order valence-electron chi connectivity index (χ2n) is 3.64. The van der Waals surface area contributed by atoms with Crippen molar-refractivity contribution in [1.82, 2.24) is 5.32 Å². The second kappa shape index (κ2) is 5.98. The van der Waals surface area contributed by atoms with Crippen LogP contribution in [0.2, 0.25) is 0 Å². The van der Waals surface area contributed by atoms with Gasteiger partial charge in [-0.15, -0.1) is 0 Å². The van der Waals surface area contributed by atoms with Gasteiger partial charge in [-0.05, 0) is 12.1 Å². The SMILES string of the molecule is CNC(=O)CCN(C)c1cccc(F)c1C=O. The first-order valence-corrected chi connectivity index (χ1v) is 5.25. The summed E-state index contributed by atoms with van der Waals surface area (Å²) in [4.78, 5) is 23.6. The first kappa shape index (κ1) is 13.2. The molecule has 1 N–H and O–H groups in total. The number of benzene rings is 1. The van der Waals surface area contributed by atoms with Crippen LogP contribution in [0.4, 0.5) is 10.1 Å². The topological polar surface area (TPSA) is 49.4 Å². The average molecular weight is 238 g/mol. The van der Waals surface area contributed by atoms with Gasteiger partial charge in [-0.3, -0.25) is 9.59 Å². The molecule has 0 spiro atoms. The van der Waals surface area contributed by atoms with Gasteiger partial charge in [0.15, 0.2) is 6.29 Å². The first-order valence-electron chi connectivity index (χ1n) is 5.25. The van der Waals surface area contributed by atoms with Gasteiger partial charge in [-0.2, -0.15) is 0 Å². The molecule has 0 saturated carbocycles. The Labute approximate surface area is 99.4 Å². The van der Waals surface area contributed by atoms with Gasteiger partial charge in [-0.1, -0.05) is 6.07 Å². The summed E-state index contributed by atoms with van der Waals surface area (Å²) in [6.45, 7) is 0.421. The number of rotatable bonds is 5. The molecule has 0 fully saturated rings. The van der Waals surface area contributed by atoms with Crippen LogP contribution in [0.15, 0.2) is 18.2 Å². The highest BCUT2D eigenvalue weighted by Crippen LogP contribution is 2.20. The first-order chi connectivity index (χ1) is 8.10. The van der Waals surface area contributed by atoms with Crippen molar-refractivity contribution in [2.24, 2.45) is 0 Å². The lowest BCUT2D eigenvalue weighted by atomic mass is 10.1. The molecule has 0 aliphatic rings. The fourth-order valence-electron chi connectivity index (χ4n) is 1.49. The number of carbonyl (C=O) groups excluding carboxylic acids is 2. The van der Waals surface area contributed by atoms with Crippen molar-refractivity contribution >= 4 is 17.9 Å². The molecule has 0 aliphatic heterocycles. The van der Waals surface area contributed by atoms with Crippen LogP contribution < -0.4 is 10.2 Å². The molecule has 0 heterocycles. The van der Waals surface area contributed by atoms with E-state index in [1.807, 2.05) is 0 Å². The van der Waals surface area contributed by atoms with Gasteiger partial charge in [0.05, 0.1) is 5.56 Å². The van der Waals surface area contributed by atoms with Crippen molar-refractivity contribution in [3.63, 3.8) is 0 Å². The summed E-state index contributed by atoms with van der Waals surface area (Å²) in [6.07, 6.45) is 0.781. The molecule has 0 saturated heterocycles. The molecule has 4 nitrogen and oxygen atoms in total. The van der Waals surface area contributed by atoms with Gasteiger partial charge >= 0.3 is 0 Å². The Morgan fingerprint density at radius 2 is 2.24 bits per heavy atom. The standard InChI is InChI=1S/C12H15FN2O2/c1-14-12(17)6-7-15(2)11-5-3-4-10(13)9(11)8-16/h3-5,8H,6-7H2,1-2H3,(H,14,17). The lowest BCUT2D eigenvalue weighted by Gasteiger charge is -2.20. The van der Waals surface area contributed by atoms with Crippen molar-refractivity contribution in [2.45, 2.75) is 6.42 Å². The zero-order valence-corrected chi connectivity index (χ0v) is 9.87. The Hall–Kier alpha value is -1.91. The molecular weight excluding hydrogens is 223 g/mol. The van der Waals surface area contributed by atoms with Gasteiger partial charge in [0.25, 0.3) is 0 Å². The molecule has 1 amide bonds. The van der Waals surface area contributed by atoms with Crippen LogP contribution in [0.1, 0.15) is 16.8 Å². The van der Waals surface area contributed by atoms with Gasteiger partial charge in [0.2, 0.25) is 5.91 Å². The lowest BCUT2D eigenvalue weighted by Crippen LogP contribution is -2.27. The molecule has 0 aliphatic carbocycles. The van der Waals surface area contributed by atoms with Crippen LogP contribution in [0.3, 0.4) is 0 Å². The summed E-state index contributed by atoms with van der Waals surface area (Å²) in [7, 11) is 3.27. The minimum absolute atomic E-state index is 0.0203. The largest absolute Gasteiger partial charge is 0.373 e. The van der Waals surface area contributed by atoms with Crippen molar-refractivity contribution < 1.29 is 14.0 Å². The summed E-state index contributed by atoms with van der Waals surface area (Å²) in [5, 5.41) is 2.50. The Balaban J connectivity index is 2.81. The van der Waals surface area contributed by atoms with E-state index in [-0.39, 0.29) is 11.5 Å². The van der Waals surface area contributed by atoms with Gasteiger partial charge < -0.3 is 10.2 Å². The molecule has 92 valence electrons. The van der Waals surface area contributed by atoms with Crippen molar-refractivity contribution in [1.29, 1.82) is 0 Å². The lowest BCUT2D eigenvalue weighted by molar-refractivity contribution is -0.120. The predicted molar refractivity (Wildman–Crippen MR) is 63.7 cm³/mol. The van der Waals surface area contributed by atoms with Gasteiger partial charge in [-0.25, -0.2) is 4.39 Å². The number of carbonyl (C=O) groups is 2. The number of hydrogen-bond donors (Lipinski definition) is 1. The van der Waals surface area contributed by atoms with Gasteiger partial charge in [0, 0.05) is 32.7 Å². The zero-order chi connectivity index (χ0) is 12.8. The Morgan fingerprint density at radius 3 is 2.82 bits per heavy atom. The molecule has 0 unspecified atom stereocenters. The number of aldehydes is 1. The summed E-state index contributed by atoms with van der Waals surface area (Å²) in [5.41, 5.74) is 0.510. The maximum absolute atomic E-state index is 13.3. The van der Waals surface area contributed by atoms with E-state index in [0.717, 1.165) is 0 Å². The van der Waals surface area contributed by atoms with Crippen LogP contribution in [0.25, 0.3) is 0 Å². The molecule has 17 heavy (non-hydrogen) atoms. The Bertz CT molecular complexity index is 421. The minimum Gasteiger partial charge on any atom is -0.373 e. The maximum Gasteiger partial charge on any atom is 0.221 e. The number of nitrogens with one attached hydrogen (secondary N) is 1. The van der Waals surface area contributed by atoms with E-state index in [9.17, 15) is 14.0 Å². The Morgan fingerprint density at radius 1 is 1.53 bits per heavy atom. The quantitative estimate of drug-likeness (QED) is 0.784. The van der Waals surface area contributed by atoms with E-state index >= 15 is 0 Å². The number of anilines is 1. The van der Waals surface area contributed by atoms with E-state index < -0.39 is 5.82 Å². The van der Waals surface area contributed by atoms with Crippen molar-refractivity contribution in [3.05, 3.63) is 29.6 Å². The minimum atomic E-state index is -0.552. The third-order valence-corrected chi connectivity index (χ3v) is 2.51. The molecule has 0 aromatic heterocycles. The highest BCUT2D eigenvalue weighted by molar-refractivity contribution is 5.85. The molecular formula is C12H15FN2O2. The van der Waals surface area contributed by atoms with E-state index in [1.165, 1.54) is 12.1 Å². The van der Waals surface area contributed by atoms with Crippen molar-refractivity contribution in [3.8, 4) is 0 Å².